The lowest BCUT2D eigenvalue weighted by Gasteiger charge is -2.30. The number of aromatic nitrogens is 6. The van der Waals surface area contributed by atoms with E-state index in [9.17, 15) is 31.5 Å². The topological polar surface area (TPSA) is 129 Å². The monoisotopic (exact) mass is 586 g/mol. The molecule has 0 radical (unpaired) electrons. The fourth-order valence-corrected chi connectivity index (χ4v) is 3.75. The Balaban J connectivity index is 1.86. The zero-order chi connectivity index (χ0) is 30.8. The number of nitrogens with zero attached hydrogens (tertiary/aromatic N) is 6. The molecule has 0 aliphatic heterocycles. The van der Waals surface area contributed by atoms with Crippen LogP contribution >= 0.6 is 0 Å². The van der Waals surface area contributed by atoms with E-state index >= 15 is 0 Å². The summed E-state index contributed by atoms with van der Waals surface area (Å²) in [5.74, 6) is -0.319. The molecule has 0 aliphatic rings. The maximum absolute atomic E-state index is 13.5. The summed E-state index contributed by atoms with van der Waals surface area (Å²) in [7, 11) is 0. The van der Waals surface area contributed by atoms with E-state index in [4.69, 9.17) is 4.74 Å². The van der Waals surface area contributed by atoms with Crippen molar-refractivity contribution in [2.24, 2.45) is 0 Å². The Morgan fingerprint density at radius 3 is 2.22 bits per heavy atom. The number of halogens is 5. The van der Waals surface area contributed by atoms with Crippen LogP contribution in [0.4, 0.5) is 26.7 Å². The Morgan fingerprint density at radius 1 is 1.05 bits per heavy atom. The largest absolute Gasteiger partial charge is 0.444 e. The highest BCUT2D eigenvalue weighted by Crippen LogP contribution is 2.32. The summed E-state index contributed by atoms with van der Waals surface area (Å²) in [5.41, 5.74) is -2.67. The van der Waals surface area contributed by atoms with Crippen LogP contribution in [0.3, 0.4) is 0 Å². The molecule has 0 saturated heterocycles. The molecule has 16 heteroatoms. The van der Waals surface area contributed by atoms with Gasteiger partial charge in [0.1, 0.15) is 17.5 Å². The number of carbonyl (C=O) groups excluding carboxylic acids is 2. The molecular weight excluding hydrogens is 555 g/mol. The first-order chi connectivity index (χ1) is 18.8. The molecule has 0 unspecified atom stereocenters. The van der Waals surface area contributed by atoms with E-state index in [0.29, 0.717) is 10.5 Å². The van der Waals surface area contributed by atoms with Crippen molar-refractivity contribution in [2.45, 2.75) is 84.4 Å². The molecule has 3 heterocycles. The second-order valence-corrected chi connectivity index (χ2v) is 11.0. The third kappa shape index (κ3) is 8.94. The van der Waals surface area contributed by atoms with Gasteiger partial charge >= 0.3 is 18.8 Å². The van der Waals surface area contributed by atoms with Crippen LogP contribution in [0, 0.1) is 6.92 Å². The molecule has 41 heavy (non-hydrogen) atoms. The summed E-state index contributed by atoms with van der Waals surface area (Å²) in [4.78, 5) is 33.9. The molecule has 0 bridgehead atoms. The van der Waals surface area contributed by atoms with Gasteiger partial charge < -0.3 is 15.4 Å². The van der Waals surface area contributed by atoms with Crippen molar-refractivity contribution >= 4 is 12.0 Å². The number of nitrogens with one attached hydrogen (secondary N) is 2. The second kappa shape index (κ2) is 11.8. The molecule has 1 atom stereocenters. The Bertz CT molecular complexity index is 1360. The maximum Gasteiger partial charge on any atom is 0.435 e. The van der Waals surface area contributed by atoms with Crippen LogP contribution in [0.25, 0.3) is 11.3 Å². The lowest BCUT2D eigenvalue weighted by Crippen LogP contribution is -2.55. The molecule has 224 valence electrons. The van der Waals surface area contributed by atoms with Crippen molar-refractivity contribution in [3.63, 3.8) is 0 Å². The first-order valence-corrected chi connectivity index (χ1v) is 12.4. The summed E-state index contributed by atoms with van der Waals surface area (Å²) in [6.07, 6.45) is -0.994. The Hall–Kier alpha value is -4.11. The molecule has 2 amide bonds. The van der Waals surface area contributed by atoms with Crippen molar-refractivity contribution in [1.29, 1.82) is 0 Å². The standard InChI is InChI=1S/C25H31F5N8O3/c1-14-31-10-16(11-32-14)18-8-19(25(28,29)30)36-38(18)13-24(5,6)35-20(39)17(34-22(40)41-23(2,3)4)7-15-9-33-37(12-15)21(26)27/h8-12,17,21H,7,13H2,1-6H3,(H,34,40)(H,35,39)/t17-/m1/s1. The second-order valence-electron chi connectivity index (χ2n) is 11.0. The van der Waals surface area contributed by atoms with E-state index in [0.717, 1.165) is 23.1 Å². The summed E-state index contributed by atoms with van der Waals surface area (Å²) in [5, 5.41) is 12.4. The van der Waals surface area contributed by atoms with Crippen LogP contribution in [-0.2, 0) is 28.7 Å². The Labute approximate surface area is 232 Å². The molecule has 3 aromatic rings. The Morgan fingerprint density at radius 2 is 1.68 bits per heavy atom. The number of carbonyl (C=O) groups is 2. The number of amides is 2. The molecule has 3 aromatic heterocycles. The van der Waals surface area contributed by atoms with E-state index in [1.54, 1.807) is 41.5 Å². The average Bonchev–Trinajstić information content (AvgIpc) is 3.45. The molecule has 0 spiro atoms. The van der Waals surface area contributed by atoms with Gasteiger partial charge in [0.15, 0.2) is 5.69 Å². The zero-order valence-electron chi connectivity index (χ0n) is 23.3. The van der Waals surface area contributed by atoms with Crippen molar-refractivity contribution in [2.75, 3.05) is 0 Å². The molecular formula is C25H31F5N8O3. The molecule has 2 N–H and O–H groups in total. The van der Waals surface area contributed by atoms with Crippen LogP contribution in [0.15, 0.2) is 30.9 Å². The average molecular weight is 587 g/mol. The van der Waals surface area contributed by atoms with Gasteiger partial charge in [-0.25, -0.2) is 19.4 Å². The van der Waals surface area contributed by atoms with Gasteiger partial charge in [-0.1, -0.05) is 0 Å². The molecule has 3 rings (SSSR count). The number of alkyl carbamates (subject to hydrolysis) is 1. The van der Waals surface area contributed by atoms with Crippen molar-refractivity contribution < 1.29 is 36.3 Å². The minimum absolute atomic E-state index is 0.0718. The van der Waals surface area contributed by atoms with Gasteiger partial charge in [0.05, 0.1) is 24.0 Å². The van der Waals surface area contributed by atoms with Crippen LogP contribution in [0.5, 0.6) is 0 Å². The smallest absolute Gasteiger partial charge is 0.435 e. The summed E-state index contributed by atoms with van der Waals surface area (Å²) in [6.45, 7) is 6.46. The highest BCUT2D eigenvalue weighted by molar-refractivity contribution is 5.86. The maximum atomic E-state index is 13.5. The van der Waals surface area contributed by atoms with Gasteiger partial charge in [-0.15, -0.1) is 0 Å². The quantitative estimate of drug-likeness (QED) is 0.358. The molecule has 11 nitrogen and oxygen atoms in total. The minimum Gasteiger partial charge on any atom is -0.444 e. The van der Waals surface area contributed by atoms with E-state index in [2.05, 4.69) is 30.8 Å². The van der Waals surface area contributed by atoms with Crippen LogP contribution in [0.1, 0.15) is 58.2 Å². The third-order valence-corrected chi connectivity index (χ3v) is 5.46. The number of rotatable bonds is 9. The van der Waals surface area contributed by atoms with Crippen molar-refractivity contribution in [1.82, 2.24) is 40.2 Å². The van der Waals surface area contributed by atoms with E-state index in [1.807, 2.05) is 0 Å². The zero-order valence-corrected chi connectivity index (χ0v) is 23.3. The normalized spacial score (nSPS) is 13.3. The third-order valence-electron chi connectivity index (χ3n) is 5.46. The number of hydrogen-bond acceptors (Lipinski definition) is 7. The molecule has 0 fully saturated rings. The minimum atomic E-state index is -4.73. The predicted molar refractivity (Wildman–Crippen MR) is 136 cm³/mol. The number of alkyl halides is 5. The summed E-state index contributed by atoms with van der Waals surface area (Å²) >= 11 is 0. The van der Waals surface area contributed by atoms with Gasteiger partial charge in [-0.05, 0) is 53.2 Å². The van der Waals surface area contributed by atoms with Crippen LogP contribution < -0.4 is 10.6 Å². The first kappa shape index (κ1) is 31.4. The van der Waals surface area contributed by atoms with Crippen LogP contribution in [0.2, 0.25) is 0 Å². The summed E-state index contributed by atoms with van der Waals surface area (Å²) in [6, 6.07) is -0.438. The van der Waals surface area contributed by atoms with E-state index in [-0.39, 0.29) is 29.8 Å². The van der Waals surface area contributed by atoms with Gasteiger partial charge in [-0.3, -0.25) is 9.48 Å². The highest BCUT2D eigenvalue weighted by atomic mass is 19.4. The molecule has 0 aliphatic carbocycles. The van der Waals surface area contributed by atoms with Crippen molar-refractivity contribution in [3.8, 4) is 11.3 Å². The number of aryl methyl sites for hydroxylation is 1. The van der Waals surface area contributed by atoms with Crippen LogP contribution in [-0.4, -0.2) is 58.7 Å². The summed E-state index contributed by atoms with van der Waals surface area (Å²) < 4.78 is 73.3. The molecule has 0 saturated carbocycles. The van der Waals surface area contributed by atoms with E-state index < -0.39 is 47.6 Å². The fourth-order valence-electron chi connectivity index (χ4n) is 3.75. The SMILES string of the molecule is Cc1ncc(-c2cc(C(F)(F)F)nn2CC(C)(C)NC(=O)[C@@H](Cc2cnn(C(F)F)c2)NC(=O)OC(C)(C)C)cn1. The van der Waals surface area contributed by atoms with E-state index in [1.165, 1.54) is 12.4 Å². The van der Waals surface area contributed by atoms with Crippen molar-refractivity contribution in [3.05, 3.63) is 47.9 Å². The predicted octanol–water partition coefficient (Wildman–Crippen LogP) is 4.29. The fraction of sp³-hybridized carbons (Fsp3) is 0.520. The van der Waals surface area contributed by atoms with Gasteiger partial charge in [-0.2, -0.15) is 32.1 Å². The number of hydrogen-bond donors (Lipinski definition) is 2. The first-order valence-electron chi connectivity index (χ1n) is 12.4. The van der Waals surface area contributed by atoms with Gasteiger partial charge in [0.25, 0.3) is 0 Å². The Kier molecular flexibility index (Phi) is 9.03. The lowest BCUT2D eigenvalue weighted by molar-refractivity contribution is -0.141. The van der Waals surface area contributed by atoms with Gasteiger partial charge in [0.2, 0.25) is 5.91 Å². The number of ether oxygens (including phenoxy) is 1. The molecule has 0 aromatic carbocycles. The lowest BCUT2D eigenvalue weighted by atomic mass is 10.0. The highest BCUT2D eigenvalue weighted by Gasteiger charge is 2.36. The van der Waals surface area contributed by atoms with Gasteiger partial charge in [0, 0.05) is 30.6 Å².